The monoisotopic (exact) mass is 628 g/mol. The first kappa shape index (κ1) is 34.1. The molecule has 0 aliphatic carbocycles. The number of halogens is 2. The van der Waals surface area contributed by atoms with E-state index >= 15 is 0 Å². The molecule has 0 saturated carbocycles. The number of benzene rings is 1. The van der Waals surface area contributed by atoms with Crippen molar-refractivity contribution in [1.29, 1.82) is 0 Å². The zero-order chi connectivity index (χ0) is 32.7. The Balaban J connectivity index is 1.85. The van der Waals surface area contributed by atoms with Gasteiger partial charge in [0.2, 0.25) is 21.8 Å². The molecule has 1 fully saturated rings. The van der Waals surface area contributed by atoms with E-state index in [4.69, 9.17) is 9.47 Å². The van der Waals surface area contributed by atoms with Gasteiger partial charge >= 0.3 is 6.09 Å². The van der Waals surface area contributed by atoms with Crippen LogP contribution in [0, 0.1) is 17.0 Å². The van der Waals surface area contributed by atoms with Gasteiger partial charge in [-0.2, -0.15) is 0 Å². The fourth-order valence-corrected chi connectivity index (χ4v) is 6.05. The van der Waals surface area contributed by atoms with E-state index in [1.807, 2.05) is 0 Å². The number of likely N-dealkylation sites (N-methyl/N-ethyl adjacent to an activating group) is 1. The molecule has 2 aliphatic rings. The van der Waals surface area contributed by atoms with Gasteiger partial charge in [-0.3, -0.25) is 18.8 Å². The van der Waals surface area contributed by atoms with E-state index in [2.05, 4.69) is 5.32 Å². The number of carbonyl (C=O) groups is 3. The second-order valence-corrected chi connectivity index (χ2v) is 15.0. The van der Waals surface area contributed by atoms with Crippen LogP contribution in [-0.2, 0) is 24.3 Å². The summed E-state index contributed by atoms with van der Waals surface area (Å²) in [4.78, 5) is 42.6. The summed E-state index contributed by atoms with van der Waals surface area (Å²) < 4.78 is 64.6. The van der Waals surface area contributed by atoms with E-state index in [0.717, 1.165) is 23.3 Å². The van der Waals surface area contributed by atoms with Crippen LogP contribution in [0.15, 0.2) is 30.0 Å². The number of ether oxygens (including phenoxy) is 2. The number of hydrogen-bond acceptors (Lipinski definition) is 7. The first-order valence-electron chi connectivity index (χ1n) is 14.0. The standard InChI is InChI=1S/C29H42F2N4O7S/c1-17(33(8)27(38)42-29(5,6)7)25(36)32-24(28(2,3)4)26(37)34-13-12-22-23(34)18(15-35(22)43(9,39)40)16-41-19-10-11-20(30)21(31)14-19/h10-11,14-15,17,22-24H,12-13,16H2,1-9H3,(H,32,36). The highest BCUT2D eigenvalue weighted by molar-refractivity contribution is 7.88. The zero-order valence-corrected chi connectivity index (χ0v) is 26.9. The van der Waals surface area contributed by atoms with Crippen molar-refractivity contribution < 1.29 is 41.1 Å². The summed E-state index contributed by atoms with van der Waals surface area (Å²) in [6.07, 6.45) is 2.10. The quantitative estimate of drug-likeness (QED) is 0.469. The predicted octanol–water partition coefficient (Wildman–Crippen LogP) is 3.26. The van der Waals surface area contributed by atoms with Gasteiger partial charge < -0.3 is 19.7 Å². The molecule has 2 aliphatic heterocycles. The Kier molecular flexibility index (Phi) is 9.74. The van der Waals surface area contributed by atoms with Gasteiger partial charge in [-0.25, -0.2) is 22.0 Å². The molecule has 11 nitrogen and oxygen atoms in total. The van der Waals surface area contributed by atoms with E-state index in [-0.39, 0.29) is 18.9 Å². The van der Waals surface area contributed by atoms with Crippen molar-refractivity contribution in [3.63, 3.8) is 0 Å². The zero-order valence-electron chi connectivity index (χ0n) is 26.1. The average Bonchev–Trinajstić information content (AvgIpc) is 3.45. The lowest BCUT2D eigenvalue weighted by Gasteiger charge is -2.37. The average molecular weight is 629 g/mol. The molecule has 14 heteroatoms. The lowest BCUT2D eigenvalue weighted by atomic mass is 9.85. The largest absolute Gasteiger partial charge is 0.489 e. The summed E-state index contributed by atoms with van der Waals surface area (Å²) in [6.45, 7) is 12.0. The van der Waals surface area contributed by atoms with E-state index in [0.29, 0.717) is 12.0 Å². The van der Waals surface area contributed by atoms with Crippen LogP contribution in [-0.4, -0.2) is 96.7 Å². The Morgan fingerprint density at radius 1 is 1.12 bits per heavy atom. The molecule has 3 amide bonds. The second kappa shape index (κ2) is 12.3. The number of sulfonamides is 1. The number of fused-ring (bicyclic) bond motifs is 1. The highest BCUT2D eigenvalue weighted by Crippen LogP contribution is 2.38. The van der Waals surface area contributed by atoms with Gasteiger partial charge in [0, 0.05) is 31.4 Å². The topological polar surface area (TPSA) is 126 Å². The normalized spacial score (nSPS) is 20.2. The number of nitrogens with one attached hydrogen (secondary N) is 1. The van der Waals surface area contributed by atoms with Crippen molar-refractivity contribution in [2.75, 3.05) is 26.5 Å². The molecule has 4 atom stereocenters. The predicted molar refractivity (Wildman–Crippen MR) is 155 cm³/mol. The summed E-state index contributed by atoms with van der Waals surface area (Å²) >= 11 is 0. The highest BCUT2D eigenvalue weighted by atomic mass is 32.2. The molecule has 0 spiro atoms. The smallest absolute Gasteiger partial charge is 0.410 e. The van der Waals surface area contributed by atoms with Gasteiger partial charge in [0.05, 0.1) is 18.3 Å². The summed E-state index contributed by atoms with van der Waals surface area (Å²) in [5.41, 5.74) is -1.09. The Bertz CT molecular complexity index is 1390. The lowest BCUT2D eigenvalue weighted by molar-refractivity contribution is -0.140. The van der Waals surface area contributed by atoms with Crippen LogP contribution in [0.2, 0.25) is 0 Å². The number of likely N-dealkylation sites (tertiary alicyclic amines) is 1. The second-order valence-electron chi connectivity index (χ2n) is 13.1. The Morgan fingerprint density at radius 2 is 1.74 bits per heavy atom. The Morgan fingerprint density at radius 3 is 2.28 bits per heavy atom. The van der Waals surface area contributed by atoms with Crippen LogP contribution in [0.4, 0.5) is 13.6 Å². The van der Waals surface area contributed by atoms with Crippen LogP contribution < -0.4 is 10.1 Å². The minimum Gasteiger partial charge on any atom is -0.489 e. The molecule has 4 unspecified atom stereocenters. The number of nitrogens with zero attached hydrogens (tertiary/aromatic N) is 3. The van der Waals surface area contributed by atoms with Crippen LogP contribution in [0.1, 0.15) is 54.9 Å². The Hall–Kier alpha value is -3.42. The molecule has 0 radical (unpaired) electrons. The maximum atomic E-state index is 14.1. The van der Waals surface area contributed by atoms with E-state index in [1.54, 1.807) is 41.5 Å². The van der Waals surface area contributed by atoms with Crippen LogP contribution in [0.3, 0.4) is 0 Å². The van der Waals surface area contributed by atoms with Crippen molar-refractivity contribution >= 4 is 27.9 Å². The Labute approximate surface area is 252 Å². The molecule has 1 saturated heterocycles. The first-order chi connectivity index (χ1) is 19.6. The van der Waals surface area contributed by atoms with E-state index in [9.17, 15) is 31.6 Å². The van der Waals surface area contributed by atoms with Gasteiger partial charge in [-0.15, -0.1) is 0 Å². The molecule has 3 rings (SSSR count). The molecule has 2 heterocycles. The van der Waals surface area contributed by atoms with Crippen molar-refractivity contribution in [3.05, 3.63) is 41.6 Å². The SMILES string of the molecule is CC(C(=O)NC(C(=O)N1CCC2C1C(COc1ccc(F)c(F)c1)=CN2S(C)(=O)=O)C(C)(C)C)N(C)C(=O)OC(C)(C)C. The molecule has 1 aromatic rings. The molecule has 0 aromatic heterocycles. The molecule has 1 aromatic carbocycles. The number of hydrogen-bond donors (Lipinski definition) is 1. The number of rotatable bonds is 8. The highest BCUT2D eigenvalue weighted by Gasteiger charge is 2.51. The first-order valence-corrected chi connectivity index (χ1v) is 15.8. The summed E-state index contributed by atoms with van der Waals surface area (Å²) in [5.74, 6) is -3.10. The number of carbonyl (C=O) groups excluding carboxylic acids is 3. The minimum atomic E-state index is -3.71. The summed E-state index contributed by atoms with van der Waals surface area (Å²) in [5, 5.41) is 2.80. The minimum absolute atomic E-state index is 0.0351. The third kappa shape index (κ3) is 7.95. The molecular formula is C29H42F2N4O7S. The maximum absolute atomic E-state index is 14.1. The molecule has 240 valence electrons. The molecule has 0 bridgehead atoms. The van der Waals surface area contributed by atoms with Crippen LogP contribution >= 0.6 is 0 Å². The van der Waals surface area contributed by atoms with Crippen LogP contribution in [0.25, 0.3) is 0 Å². The summed E-state index contributed by atoms with van der Waals surface area (Å²) in [7, 11) is -2.28. The van der Waals surface area contributed by atoms with Gasteiger partial charge in [0.15, 0.2) is 11.6 Å². The van der Waals surface area contributed by atoms with E-state index < -0.39 is 74.7 Å². The van der Waals surface area contributed by atoms with Crippen LogP contribution in [0.5, 0.6) is 5.75 Å². The van der Waals surface area contributed by atoms with Gasteiger partial charge in [-0.05, 0) is 51.7 Å². The van der Waals surface area contributed by atoms with Crippen molar-refractivity contribution in [1.82, 2.24) is 19.4 Å². The number of amides is 3. The molecule has 1 N–H and O–H groups in total. The summed E-state index contributed by atoms with van der Waals surface area (Å²) in [6, 6.07) is -0.262. The van der Waals surface area contributed by atoms with Crippen molar-refractivity contribution in [3.8, 4) is 5.75 Å². The van der Waals surface area contributed by atoms with E-state index in [1.165, 1.54) is 35.4 Å². The van der Waals surface area contributed by atoms with Gasteiger partial charge in [0.25, 0.3) is 0 Å². The fraction of sp³-hybridized carbons (Fsp3) is 0.621. The molecular weight excluding hydrogens is 586 g/mol. The maximum Gasteiger partial charge on any atom is 0.410 e. The van der Waals surface area contributed by atoms with Gasteiger partial charge in [0.1, 0.15) is 30.0 Å². The van der Waals surface area contributed by atoms with Crippen molar-refractivity contribution in [2.45, 2.75) is 84.7 Å². The fourth-order valence-electron chi connectivity index (χ4n) is 5.02. The molecule has 43 heavy (non-hydrogen) atoms. The van der Waals surface area contributed by atoms with Gasteiger partial charge in [-0.1, -0.05) is 20.8 Å². The third-order valence-corrected chi connectivity index (χ3v) is 8.51. The lowest BCUT2D eigenvalue weighted by Crippen LogP contribution is -2.59. The van der Waals surface area contributed by atoms with Crippen molar-refractivity contribution in [2.24, 2.45) is 5.41 Å². The third-order valence-electron chi connectivity index (χ3n) is 7.37.